The van der Waals surface area contributed by atoms with Gasteiger partial charge in [-0.15, -0.1) is 0 Å². The van der Waals surface area contributed by atoms with Crippen LogP contribution in [-0.2, 0) is 9.53 Å². The van der Waals surface area contributed by atoms with E-state index in [0.29, 0.717) is 6.42 Å². The highest BCUT2D eigenvalue weighted by molar-refractivity contribution is 5.68. The third kappa shape index (κ3) is 11.9. The van der Waals surface area contributed by atoms with Crippen molar-refractivity contribution in [2.24, 2.45) is 0 Å². The number of hydrogen-bond donors (Lipinski definition) is 1. The van der Waals surface area contributed by atoms with E-state index in [9.17, 15) is 9.90 Å². The van der Waals surface area contributed by atoms with Crippen LogP contribution in [0.4, 0.5) is 0 Å². The Labute approximate surface area is 112 Å². The molecule has 0 aromatic carbocycles. The van der Waals surface area contributed by atoms with Gasteiger partial charge in [0.15, 0.2) is 0 Å². The second-order valence-electron chi connectivity index (χ2n) is 5.03. The monoisotopic (exact) mass is 258 g/mol. The van der Waals surface area contributed by atoms with Crippen molar-refractivity contribution >= 4 is 5.97 Å². The van der Waals surface area contributed by atoms with Crippen molar-refractivity contribution in [2.45, 2.75) is 83.7 Å². The fourth-order valence-electron chi connectivity index (χ4n) is 2.06. The molecule has 0 aliphatic carbocycles. The van der Waals surface area contributed by atoms with Crippen molar-refractivity contribution in [3.63, 3.8) is 0 Å². The minimum Gasteiger partial charge on any atom is -0.469 e. The molecule has 1 N–H and O–H groups in total. The molecular weight excluding hydrogens is 228 g/mol. The average Bonchev–Trinajstić information content (AvgIpc) is 2.38. The van der Waals surface area contributed by atoms with Crippen LogP contribution in [0.25, 0.3) is 0 Å². The van der Waals surface area contributed by atoms with E-state index >= 15 is 0 Å². The summed E-state index contributed by atoms with van der Waals surface area (Å²) in [7, 11) is 1.41. The summed E-state index contributed by atoms with van der Waals surface area (Å²) >= 11 is 0. The molecule has 0 aromatic heterocycles. The van der Waals surface area contributed by atoms with Gasteiger partial charge in [-0.05, 0) is 19.3 Å². The van der Waals surface area contributed by atoms with Gasteiger partial charge in [-0.3, -0.25) is 4.79 Å². The Morgan fingerprint density at radius 2 is 1.56 bits per heavy atom. The highest BCUT2D eigenvalue weighted by Crippen LogP contribution is 2.12. The fourth-order valence-corrected chi connectivity index (χ4v) is 2.06. The van der Waals surface area contributed by atoms with Crippen LogP contribution < -0.4 is 0 Å². The molecule has 0 aliphatic rings. The van der Waals surface area contributed by atoms with Crippen LogP contribution in [0, 0.1) is 0 Å². The average molecular weight is 258 g/mol. The molecule has 1 unspecified atom stereocenters. The molecule has 0 bridgehead atoms. The SMILES string of the molecule is CCCCCCCCC(O)CCCCC(=O)OC. The smallest absolute Gasteiger partial charge is 0.305 e. The van der Waals surface area contributed by atoms with E-state index < -0.39 is 0 Å². The second-order valence-corrected chi connectivity index (χ2v) is 5.03. The molecule has 0 spiro atoms. The van der Waals surface area contributed by atoms with Gasteiger partial charge in [0.2, 0.25) is 0 Å². The first-order valence-corrected chi connectivity index (χ1v) is 7.45. The number of aliphatic hydroxyl groups is 1. The normalized spacial score (nSPS) is 12.4. The first kappa shape index (κ1) is 17.4. The van der Waals surface area contributed by atoms with Gasteiger partial charge in [-0.2, -0.15) is 0 Å². The van der Waals surface area contributed by atoms with Crippen molar-refractivity contribution in [3.8, 4) is 0 Å². The van der Waals surface area contributed by atoms with E-state index in [1.54, 1.807) is 0 Å². The number of unbranched alkanes of at least 4 members (excludes halogenated alkanes) is 6. The topological polar surface area (TPSA) is 46.5 Å². The van der Waals surface area contributed by atoms with Crippen molar-refractivity contribution in [1.82, 2.24) is 0 Å². The lowest BCUT2D eigenvalue weighted by atomic mass is 10.0. The van der Waals surface area contributed by atoms with Crippen LogP contribution in [-0.4, -0.2) is 24.3 Å². The van der Waals surface area contributed by atoms with E-state index in [1.807, 2.05) is 0 Å². The number of aliphatic hydroxyl groups excluding tert-OH is 1. The van der Waals surface area contributed by atoms with Crippen LogP contribution in [0.3, 0.4) is 0 Å². The summed E-state index contributed by atoms with van der Waals surface area (Å²) < 4.78 is 4.57. The van der Waals surface area contributed by atoms with E-state index in [-0.39, 0.29) is 12.1 Å². The Balaban J connectivity index is 3.22. The maximum Gasteiger partial charge on any atom is 0.305 e. The molecule has 108 valence electrons. The molecule has 0 saturated carbocycles. The summed E-state index contributed by atoms with van der Waals surface area (Å²) in [5.41, 5.74) is 0. The lowest BCUT2D eigenvalue weighted by Crippen LogP contribution is -2.07. The molecule has 1 atom stereocenters. The zero-order valence-electron chi connectivity index (χ0n) is 12.1. The molecule has 3 heteroatoms. The first-order valence-electron chi connectivity index (χ1n) is 7.45. The second kappa shape index (κ2) is 12.9. The molecule has 0 radical (unpaired) electrons. The molecular formula is C15H30O3. The quantitative estimate of drug-likeness (QED) is 0.427. The standard InChI is InChI=1S/C15H30O3/c1-3-4-5-6-7-8-11-14(16)12-9-10-13-15(17)18-2/h14,16H,3-13H2,1-2H3. The van der Waals surface area contributed by atoms with Crippen LogP contribution in [0.5, 0.6) is 0 Å². The number of esters is 1. The maximum atomic E-state index is 10.9. The van der Waals surface area contributed by atoms with Gasteiger partial charge in [0.1, 0.15) is 0 Å². The predicted molar refractivity (Wildman–Crippen MR) is 74.5 cm³/mol. The van der Waals surface area contributed by atoms with Gasteiger partial charge < -0.3 is 9.84 Å². The number of rotatable bonds is 12. The Morgan fingerprint density at radius 1 is 1.00 bits per heavy atom. The predicted octanol–water partition coefficient (Wildman–Crippen LogP) is 3.83. The van der Waals surface area contributed by atoms with E-state index in [4.69, 9.17) is 0 Å². The van der Waals surface area contributed by atoms with Crippen molar-refractivity contribution < 1.29 is 14.6 Å². The summed E-state index contributed by atoms with van der Waals surface area (Å²) in [5.74, 6) is -0.152. The molecule has 0 fully saturated rings. The number of hydrogen-bond acceptors (Lipinski definition) is 3. The summed E-state index contributed by atoms with van der Waals surface area (Å²) in [4.78, 5) is 10.9. The Hall–Kier alpha value is -0.570. The number of ether oxygens (including phenoxy) is 1. The number of methoxy groups -OCH3 is 1. The Bertz CT molecular complexity index is 192. The third-order valence-electron chi connectivity index (χ3n) is 3.29. The zero-order valence-corrected chi connectivity index (χ0v) is 12.1. The van der Waals surface area contributed by atoms with E-state index in [2.05, 4.69) is 11.7 Å². The summed E-state index contributed by atoms with van der Waals surface area (Å²) in [5, 5.41) is 9.76. The minimum absolute atomic E-state index is 0.152. The van der Waals surface area contributed by atoms with Crippen molar-refractivity contribution in [2.75, 3.05) is 7.11 Å². The largest absolute Gasteiger partial charge is 0.469 e. The number of carbonyl (C=O) groups is 1. The molecule has 0 heterocycles. The fraction of sp³-hybridized carbons (Fsp3) is 0.933. The molecule has 0 saturated heterocycles. The van der Waals surface area contributed by atoms with Crippen LogP contribution >= 0.6 is 0 Å². The summed E-state index contributed by atoms with van der Waals surface area (Å²) in [6.07, 6.45) is 11.3. The molecule has 0 amide bonds. The van der Waals surface area contributed by atoms with Crippen LogP contribution in [0.15, 0.2) is 0 Å². The lowest BCUT2D eigenvalue weighted by Gasteiger charge is -2.09. The van der Waals surface area contributed by atoms with Crippen LogP contribution in [0.2, 0.25) is 0 Å². The van der Waals surface area contributed by atoms with Gasteiger partial charge in [-0.25, -0.2) is 0 Å². The van der Waals surface area contributed by atoms with Gasteiger partial charge >= 0.3 is 5.97 Å². The summed E-state index contributed by atoms with van der Waals surface area (Å²) in [6.45, 7) is 2.22. The van der Waals surface area contributed by atoms with Gasteiger partial charge in [0, 0.05) is 6.42 Å². The maximum absolute atomic E-state index is 10.9. The minimum atomic E-state index is -0.186. The first-order chi connectivity index (χ1) is 8.70. The Morgan fingerprint density at radius 3 is 2.17 bits per heavy atom. The van der Waals surface area contributed by atoms with Crippen molar-refractivity contribution in [1.29, 1.82) is 0 Å². The molecule has 0 rings (SSSR count). The lowest BCUT2D eigenvalue weighted by molar-refractivity contribution is -0.140. The van der Waals surface area contributed by atoms with E-state index in [1.165, 1.54) is 39.2 Å². The van der Waals surface area contributed by atoms with Gasteiger partial charge in [0.05, 0.1) is 13.2 Å². The molecule has 18 heavy (non-hydrogen) atoms. The highest BCUT2D eigenvalue weighted by Gasteiger charge is 2.05. The van der Waals surface area contributed by atoms with E-state index in [0.717, 1.165) is 32.1 Å². The highest BCUT2D eigenvalue weighted by atomic mass is 16.5. The molecule has 0 aromatic rings. The summed E-state index contributed by atoms with van der Waals surface area (Å²) in [6, 6.07) is 0. The number of carbonyl (C=O) groups excluding carboxylic acids is 1. The van der Waals surface area contributed by atoms with Crippen LogP contribution in [0.1, 0.15) is 77.6 Å². The van der Waals surface area contributed by atoms with Crippen molar-refractivity contribution in [3.05, 3.63) is 0 Å². The van der Waals surface area contributed by atoms with Gasteiger partial charge in [-0.1, -0.05) is 51.9 Å². The Kier molecular flexibility index (Phi) is 12.5. The molecule has 3 nitrogen and oxygen atoms in total. The van der Waals surface area contributed by atoms with Gasteiger partial charge in [0.25, 0.3) is 0 Å². The molecule has 0 aliphatic heterocycles. The zero-order chi connectivity index (χ0) is 13.6. The third-order valence-corrected chi connectivity index (χ3v) is 3.29.